The van der Waals surface area contributed by atoms with Crippen LogP contribution < -0.4 is 5.73 Å². The van der Waals surface area contributed by atoms with E-state index >= 15 is 0 Å². The summed E-state index contributed by atoms with van der Waals surface area (Å²) in [6, 6.07) is 4.85. The minimum atomic E-state index is -4.33. The monoisotopic (exact) mass is 248 g/mol. The number of nitrogens with zero attached hydrogens (tertiary/aromatic N) is 1. The third kappa shape index (κ3) is 2.36. The Morgan fingerprint density at radius 2 is 1.81 bits per heavy atom. The van der Waals surface area contributed by atoms with Crippen LogP contribution in [0.4, 0.5) is 18.9 Å². The zero-order valence-electron chi connectivity index (χ0n) is 7.95. The smallest absolute Gasteiger partial charge is 0.397 e. The molecule has 0 saturated heterocycles. The maximum Gasteiger partial charge on any atom is 0.416 e. The summed E-state index contributed by atoms with van der Waals surface area (Å²) in [5.41, 5.74) is 5.59. The first-order chi connectivity index (χ1) is 6.97. The number of nitrogens with two attached hydrogens (primary N) is 1. The van der Waals surface area contributed by atoms with Crippen LogP contribution >= 0.6 is 12.4 Å². The number of hydrogen-bond donors (Lipinski definition) is 1. The molecule has 0 saturated carbocycles. The minimum absolute atomic E-state index is 0. The largest absolute Gasteiger partial charge is 0.416 e. The molecule has 0 radical (unpaired) electrons. The summed E-state index contributed by atoms with van der Waals surface area (Å²) in [4.78, 5) is 3.91. The molecule has 0 aliphatic carbocycles. The number of hydrogen-bond acceptors (Lipinski definition) is 2. The molecule has 2 aromatic rings. The Hall–Kier alpha value is -1.49. The van der Waals surface area contributed by atoms with Gasteiger partial charge in [-0.15, -0.1) is 12.4 Å². The lowest BCUT2D eigenvalue weighted by atomic mass is 10.1. The molecule has 86 valence electrons. The number of halogens is 4. The molecule has 2 rings (SSSR count). The normalized spacial score (nSPS) is 11.2. The molecule has 16 heavy (non-hydrogen) atoms. The van der Waals surface area contributed by atoms with Crippen LogP contribution in [0.15, 0.2) is 30.5 Å². The highest BCUT2D eigenvalue weighted by atomic mass is 35.5. The van der Waals surface area contributed by atoms with Gasteiger partial charge in [0.05, 0.1) is 23.0 Å². The number of pyridine rings is 1. The second-order valence-corrected chi connectivity index (χ2v) is 3.17. The maximum absolute atomic E-state index is 12.4. The Morgan fingerprint density at radius 1 is 1.12 bits per heavy atom. The van der Waals surface area contributed by atoms with Crippen molar-refractivity contribution in [3.8, 4) is 0 Å². The van der Waals surface area contributed by atoms with Crippen LogP contribution in [0, 0.1) is 0 Å². The second-order valence-electron chi connectivity index (χ2n) is 3.17. The Morgan fingerprint density at radius 3 is 2.44 bits per heavy atom. The molecule has 0 aliphatic heterocycles. The van der Waals surface area contributed by atoms with E-state index in [4.69, 9.17) is 5.73 Å². The zero-order valence-corrected chi connectivity index (χ0v) is 8.77. The van der Waals surface area contributed by atoms with E-state index in [1.165, 1.54) is 18.3 Å². The molecule has 0 amide bonds. The van der Waals surface area contributed by atoms with Gasteiger partial charge in [-0.1, -0.05) is 0 Å². The van der Waals surface area contributed by atoms with Gasteiger partial charge in [0.1, 0.15) is 0 Å². The van der Waals surface area contributed by atoms with Gasteiger partial charge in [0.2, 0.25) is 0 Å². The van der Waals surface area contributed by atoms with Crippen LogP contribution in [0.1, 0.15) is 5.56 Å². The summed E-state index contributed by atoms with van der Waals surface area (Å²) in [5, 5.41) is 0.393. The van der Waals surface area contributed by atoms with Crippen molar-refractivity contribution in [1.82, 2.24) is 4.98 Å². The van der Waals surface area contributed by atoms with Crippen LogP contribution in [0.3, 0.4) is 0 Å². The summed E-state index contributed by atoms with van der Waals surface area (Å²) in [6.07, 6.45) is -2.92. The number of fused-ring (bicyclic) bond motifs is 1. The molecule has 1 heterocycles. The number of benzene rings is 1. The van der Waals surface area contributed by atoms with Gasteiger partial charge in [0, 0.05) is 5.39 Å². The summed E-state index contributed by atoms with van der Waals surface area (Å²) < 4.78 is 37.1. The van der Waals surface area contributed by atoms with E-state index in [0.717, 1.165) is 12.1 Å². The van der Waals surface area contributed by atoms with Crippen molar-refractivity contribution in [3.05, 3.63) is 36.0 Å². The molecule has 6 heteroatoms. The zero-order chi connectivity index (χ0) is 11.1. The lowest BCUT2D eigenvalue weighted by molar-refractivity contribution is -0.137. The van der Waals surface area contributed by atoms with E-state index in [0.29, 0.717) is 16.6 Å². The first-order valence-electron chi connectivity index (χ1n) is 4.19. The van der Waals surface area contributed by atoms with Crippen LogP contribution in [0.2, 0.25) is 0 Å². The average Bonchev–Trinajstić information content (AvgIpc) is 2.15. The molecule has 0 aliphatic rings. The molecular formula is C10H8ClF3N2. The lowest BCUT2D eigenvalue weighted by Crippen LogP contribution is -2.04. The van der Waals surface area contributed by atoms with Crippen LogP contribution in [0.25, 0.3) is 10.9 Å². The Bertz CT molecular complexity index is 511. The van der Waals surface area contributed by atoms with Crippen molar-refractivity contribution in [1.29, 1.82) is 0 Å². The third-order valence-electron chi connectivity index (χ3n) is 2.03. The number of anilines is 1. The molecule has 2 N–H and O–H groups in total. The van der Waals surface area contributed by atoms with E-state index in [9.17, 15) is 13.2 Å². The molecule has 1 aromatic carbocycles. The molecule has 0 unspecified atom stereocenters. The highest BCUT2D eigenvalue weighted by Crippen LogP contribution is 2.31. The predicted octanol–water partition coefficient (Wildman–Crippen LogP) is 3.26. The van der Waals surface area contributed by atoms with Crippen molar-refractivity contribution >= 4 is 29.0 Å². The lowest BCUT2D eigenvalue weighted by Gasteiger charge is -2.07. The molecule has 1 aromatic heterocycles. The van der Waals surface area contributed by atoms with Gasteiger partial charge in [0.25, 0.3) is 0 Å². The van der Waals surface area contributed by atoms with E-state index < -0.39 is 11.7 Å². The van der Waals surface area contributed by atoms with E-state index in [2.05, 4.69) is 4.98 Å². The van der Waals surface area contributed by atoms with Gasteiger partial charge < -0.3 is 5.73 Å². The molecule has 0 spiro atoms. The van der Waals surface area contributed by atoms with Gasteiger partial charge in [-0.25, -0.2) is 0 Å². The fraction of sp³-hybridized carbons (Fsp3) is 0.100. The molecular weight excluding hydrogens is 241 g/mol. The Labute approximate surface area is 95.7 Å². The SMILES string of the molecule is Cl.Nc1cnc2ccc(C(F)(F)F)cc2c1. The maximum atomic E-state index is 12.4. The number of aromatic nitrogens is 1. The van der Waals surface area contributed by atoms with Crippen molar-refractivity contribution < 1.29 is 13.2 Å². The van der Waals surface area contributed by atoms with Gasteiger partial charge in [0.15, 0.2) is 0 Å². The quantitative estimate of drug-likeness (QED) is 0.777. The summed E-state index contributed by atoms with van der Waals surface area (Å²) in [6.45, 7) is 0. The van der Waals surface area contributed by atoms with Crippen molar-refractivity contribution in [2.45, 2.75) is 6.18 Å². The summed E-state index contributed by atoms with van der Waals surface area (Å²) >= 11 is 0. The Balaban J connectivity index is 0.00000128. The van der Waals surface area contributed by atoms with E-state index in [1.54, 1.807) is 0 Å². The molecule has 0 fully saturated rings. The number of rotatable bonds is 0. The van der Waals surface area contributed by atoms with Crippen LogP contribution in [-0.2, 0) is 6.18 Å². The molecule has 0 atom stereocenters. The van der Waals surface area contributed by atoms with Crippen LogP contribution in [0.5, 0.6) is 0 Å². The van der Waals surface area contributed by atoms with E-state index in [-0.39, 0.29) is 12.4 Å². The van der Waals surface area contributed by atoms with Gasteiger partial charge in [-0.3, -0.25) is 4.98 Å². The first kappa shape index (κ1) is 12.6. The fourth-order valence-electron chi connectivity index (χ4n) is 1.32. The van der Waals surface area contributed by atoms with Gasteiger partial charge in [-0.2, -0.15) is 13.2 Å². The predicted molar refractivity (Wildman–Crippen MR) is 58.4 cm³/mol. The van der Waals surface area contributed by atoms with Gasteiger partial charge >= 0.3 is 6.18 Å². The number of alkyl halides is 3. The first-order valence-corrected chi connectivity index (χ1v) is 4.19. The highest BCUT2D eigenvalue weighted by Gasteiger charge is 2.30. The Kier molecular flexibility index (Phi) is 3.28. The van der Waals surface area contributed by atoms with Crippen molar-refractivity contribution in [2.24, 2.45) is 0 Å². The van der Waals surface area contributed by atoms with Crippen LogP contribution in [-0.4, -0.2) is 4.98 Å². The van der Waals surface area contributed by atoms with Gasteiger partial charge in [-0.05, 0) is 24.3 Å². The summed E-state index contributed by atoms with van der Waals surface area (Å²) in [5.74, 6) is 0. The van der Waals surface area contributed by atoms with Crippen molar-refractivity contribution in [3.63, 3.8) is 0 Å². The average molecular weight is 249 g/mol. The molecule has 2 nitrogen and oxygen atoms in total. The van der Waals surface area contributed by atoms with E-state index in [1.807, 2.05) is 0 Å². The minimum Gasteiger partial charge on any atom is -0.397 e. The fourth-order valence-corrected chi connectivity index (χ4v) is 1.32. The third-order valence-corrected chi connectivity index (χ3v) is 2.03. The molecule has 0 bridgehead atoms. The highest BCUT2D eigenvalue weighted by molar-refractivity contribution is 5.85. The topological polar surface area (TPSA) is 38.9 Å². The second kappa shape index (κ2) is 4.17. The number of nitrogen functional groups attached to an aromatic ring is 1. The van der Waals surface area contributed by atoms with Crippen molar-refractivity contribution in [2.75, 3.05) is 5.73 Å². The summed E-state index contributed by atoms with van der Waals surface area (Å²) in [7, 11) is 0. The standard InChI is InChI=1S/C10H7F3N2.ClH/c11-10(12,13)7-1-2-9-6(3-7)4-8(14)5-15-9;/h1-5H,14H2;1H.